The van der Waals surface area contributed by atoms with Crippen LogP contribution in [0.5, 0.6) is 0 Å². The molecule has 0 fully saturated rings. The van der Waals surface area contributed by atoms with Crippen LogP contribution < -0.4 is 0 Å². The highest BCUT2D eigenvalue weighted by atomic mass is 16.6. The third-order valence-electron chi connectivity index (χ3n) is 10.3. The van der Waals surface area contributed by atoms with Crippen LogP contribution in [-0.2, 0) is 19.1 Å². The molecule has 0 spiro atoms. The molecule has 5 heteroatoms. The van der Waals surface area contributed by atoms with Crippen molar-refractivity contribution in [3.63, 3.8) is 0 Å². The molecule has 0 aromatic heterocycles. The molecular formula is C44H86O5. The molecule has 5 nitrogen and oxygen atoms in total. The number of aliphatic hydroxyl groups excluding tert-OH is 1. The summed E-state index contributed by atoms with van der Waals surface area (Å²) in [6, 6.07) is 0. The summed E-state index contributed by atoms with van der Waals surface area (Å²) in [5.41, 5.74) is 0. The van der Waals surface area contributed by atoms with Gasteiger partial charge in [-0.1, -0.05) is 214 Å². The molecule has 49 heavy (non-hydrogen) atoms. The van der Waals surface area contributed by atoms with E-state index in [1.807, 2.05) is 0 Å². The normalized spacial score (nSPS) is 12.8. The lowest BCUT2D eigenvalue weighted by molar-refractivity contribution is -0.152. The SMILES string of the molecule is CCC(C)CCCCCCCCCCCCCCCCCCCCC(=O)OC[C@H](O)COC(=O)CCCCCCCCCCCCC(C)C. The van der Waals surface area contributed by atoms with Gasteiger partial charge in [0, 0.05) is 12.8 Å². The van der Waals surface area contributed by atoms with E-state index in [-0.39, 0.29) is 25.2 Å². The molecule has 1 unspecified atom stereocenters. The Kier molecular flexibility index (Phi) is 37.3. The van der Waals surface area contributed by atoms with Crippen LogP contribution in [-0.4, -0.2) is 36.4 Å². The van der Waals surface area contributed by atoms with Gasteiger partial charge in [0.1, 0.15) is 19.3 Å². The van der Waals surface area contributed by atoms with Gasteiger partial charge in [-0.3, -0.25) is 9.59 Å². The number of ether oxygens (including phenoxy) is 2. The summed E-state index contributed by atoms with van der Waals surface area (Å²) < 4.78 is 10.4. The molecule has 0 bridgehead atoms. The van der Waals surface area contributed by atoms with Gasteiger partial charge in [0.25, 0.3) is 0 Å². The van der Waals surface area contributed by atoms with E-state index >= 15 is 0 Å². The van der Waals surface area contributed by atoms with Crippen molar-refractivity contribution in [2.24, 2.45) is 11.8 Å². The van der Waals surface area contributed by atoms with E-state index in [1.54, 1.807) is 0 Å². The van der Waals surface area contributed by atoms with Crippen molar-refractivity contribution in [1.29, 1.82) is 0 Å². The molecule has 0 aromatic rings. The van der Waals surface area contributed by atoms with Crippen molar-refractivity contribution in [1.82, 2.24) is 0 Å². The van der Waals surface area contributed by atoms with Crippen molar-refractivity contribution in [3.8, 4) is 0 Å². The third-order valence-corrected chi connectivity index (χ3v) is 10.3. The van der Waals surface area contributed by atoms with E-state index in [0.717, 1.165) is 37.5 Å². The van der Waals surface area contributed by atoms with Crippen LogP contribution in [0.15, 0.2) is 0 Å². The summed E-state index contributed by atoms with van der Waals surface area (Å²) in [6.45, 7) is 9.07. The van der Waals surface area contributed by atoms with Crippen LogP contribution >= 0.6 is 0 Å². The summed E-state index contributed by atoms with van der Waals surface area (Å²) in [4.78, 5) is 24.0. The molecule has 0 aliphatic rings. The Hall–Kier alpha value is -1.10. The second kappa shape index (κ2) is 38.1. The fourth-order valence-electron chi connectivity index (χ4n) is 6.60. The highest BCUT2D eigenvalue weighted by Gasteiger charge is 2.12. The number of carbonyl (C=O) groups excluding carboxylic acids is 2. The Morgan fingerprint density at radius 1 is 0.429 bits per heavy atom. The van der Waals surface area contributed by atoms with Crippen LogP contribution in [0.2, 0.25) is 0 Å². The Balaban J connectivity index is 3.35. The number of rotatable bonds is 39. The van der Waals surface area contributed by atoms with Crippen molar-refractivity contribution >= 4 is 11.9 Å². The fraction of sp³-hybridized carbons (Fsp3) is 0.955. The van der Waals surface area contributed by atoms with Crippen LogP contribution in [0.25, 0.3) is 0 Å². The Morgan fingerprint density at radius 3 is 0.980 bits per heavy atom. The van der Waals surface area contributed by atoms with E-state index in [0.29, 0.717) is 12.8 Å². The summed E-state index contributed by atoms with van der Waals surface area (Å²) in [5, 5.41) is 10.0. The molecule has 1 N–H and O–H groups in total. The first-order valence-corrected chi connectivity index (χ1v) is 21.8. The average Bonchev–Trinajstić information content (AvgIpc) is 3.09. The number of carbonyl (C=O) groups is 2. The fourth-order valence-corrected chi connectivity index (χ4v) is 6.60. The second-order valence-electron chi connectivity index (χ2n) is 15.9. The molecule has 0 aliphatic carbocycles. The summed E-state index contributed by atoms with van der Waals surface area (Å²) in [6.07, 6.45) is 40.2. The summed E-state index contributed by atoms with van der Waals surface area (Å²) in [7, 11) is 0. The van der Waals surface area contributed by atoms with Gasteiger partial charge in [0.15, 0.2) is 0 Å². The van der Waals surface area contributed by atoms with Gasteiger partial charge in [-0.25, -0.2) is 0 Å². The highest BCUT2D eigenvalue weighted by molar-refractivity contribution is 5.69. The smallest absolute Gasteiger partial charge is 0.305 e. The van der Waals surface area contributed by atoms with Crippen LogP contribution in [0, 0.1) is 11.8 Å². The maximum absolute atomic E-state index is 12.0. The highest BCUT2D eigenvalue weighted by Crippen LogP contribution is 2.17. The Morgan fingerprint density at radius 2 is 0.694 bits per heavy atom. The van der Waals surface area contributed by atoms with Crippen LogP contribution in [0.4, 0.5) is 0 Å². The predicted molar refractivity (Wildman–Crippen MR) is 210 cm³/mol. The van der Waals surface area contributed by atoms with Gasteiger partial charge in [0.05, 0.1) is 0 Å². The molecule has 0 aliphatic heterocycles. The first kappa shape index (κ1) is 47.9. The molecule has 0 saturated heterocycles. The number of hydrogen-bond acceptors (Lipinski definition) is 5. The molecule has 0 amide bonds. The third kappa shape index (κ3) is 39.5. The monoisotopic (exact) mass is 695 g/mol. The van der Waals surface area contributed by atoms with E-state index in [9.17, 15) is 14.7 Å². The summed E-state index contributed by atoms with van der Waals surface area (Å²) >= 11 is 0. The lowest BCUT2D eigenvalue weighted by Gasteiger charge is -2.12. The van der Waals surface area contributed by atoms with Gasteiger partial charge in [0.2, 0.25) is 0 Å². The Labute approximate surface area is 306 Å². The standard InChI is InChI=1S/C44H86O5/c1-5-41(4)35-31-27-23-19-14-12-10-8-6-7-9-11-13-15-20-24-28-32-36-43(46)48-38-42(45)39-49-44(47)37-33-29-25-21-17-16-18-22-26-30-34-40(2)3/h40-42,45H,5-39H2,1-4H3/t41?,42-/m0/s1. The predicted octanol–water partition coefficient (Wildman–Crippen LogP) is 13.6. The van der Waals surface area contributed by atoms with Gasteiger partial charge in [-0.2, -0.15) is 0 Å². The zero-order chi connectivity index (χ0) is 36.0. The van der Waals surface area contributed by atoms with Gasteiger partial charge in [-0.15, -0.1) is 0 Å². The molecule has 0 heterocycles. The number of esters is 2. The van der Waals surface area contributed by atoms with Crippen molar-refractivity contribution < 1.29 is 24.2 Å². The van der Waals surface area contributed by atoms with Crippen molar-refractivity contribution in [3.05, 3.63) is 0 Å². The molecule has 0 aromatic carbocycles. The lowest BCUT2D eigenvalue weighted by atomic mass is 9.99. The molecule has 292 valence electrons. The topological polar surface area (TPSA) is 72.8 Å². The zero-order valence-electron chi connectivity index (χ0n) is 33.6. The molecule has 0 radical (unpaired) electrons. The number of unbranched alkanes of at least 4 members (excludes halogenated alkanes) is 26. The van der Waals surface area contributed by atoms with E-state index in [2.05, 4.69) is 27.7 Å². The van der Waals surface area contributed by atoms with Crippen molar-refractivity contribution in [2.75, 3.05) is 13.2 Å². The van der Waals surface area contributed by atoms with Gasteiger partial charge >= 0.3 is 11.9 Å². The molecule has 2 atom stereocenters. The first-order valence-electron chi connectivity index (χ1n) is 21.8. The largest absolute Gasteiger partial charge is 0.463 e. The number of aliphatic hydroxyl groups is 1. The minimum Gasteiger partial charge on any atom is -0.463 e. The van der Waals surface area contributed by atoms with Crippen LogP contribution in [0.1, 0.15) is 240 Å². The molecular weight excluding hydrogens is 608 g/mol. The quantitative estimate of drug-likeness (QED) is 0.0512. The molecule has 0 saturated carbocycles. The average molecular weight is 695 g/mol. The minimum atomic E-state index is -0.956. The summed E-state index contributed by atoms with van der Waals surface area (Å²) in [5.74, 6) is 1.19. The van der Waals surface area contributed by atoms with E-state index < -0.39 is 6.10 Å². The van der Waals surface area contributed by atoms with Gasteiger partial charge in [-0.05, 0) is 24.7 Å². The minimum absolute atomic E-state index is 0.109. The van der Waals surface area contributed by atoms with E-state index in [4.69, 9.17) is 9.47 Å². The maximum Gasteiger partial charge on any atom is 0.305 e. The van der Waals surface area contributed by atoms with Crippen LogP contribution in [0.3, 0.4) is 0 Å². The number of hydrogen-bond donors (Lipinski definition) is 1. The second-order valence-corrected chi connectivity index (χ2v) is 15.9. The maximum atomic E-state index is 12.0. The van der Waals surface area contributed by atoms with Gasteiger partial charge < -0.3 is 14.6 Å². The first-order chi connectivity index (χ1) is 23.8. The Bertz CT molecular complexity index is 693. The molecule has 0 rings (SSSR count). The zero-order valence-corrected chi connectivity index (χ0v) is 33.6. The lowest BCUT2D eigenvalue weighted by Crippen LogP contribution is -2.25. The van der Waals surface area contributed by atoms with Crippen molar-refractivity contribution in [2.45, 2.75) is 246 Å². The van der Waals surface area contributed by atoms with E-state index in [1.165, 1.54) is 173 Å².